The molecule has 0 radical (unpaired) electrons. The summed E-state index contributed by atoms with van der Waals surface area (Å²) in [5.74, 6) is 0.310. The molecule has 0 amide bonds. The largest absolute Gasteiger partial charge is 0.497 e. The topological polar surface area (TPSA) is 88.9 Å². The number of hydrogen-bond acceptors (Lipinski definition) is 5. The van der Waals surface area contributed by atoms with Gasteiger partial charge < -0.3 is 29.4 Å². The van der Waals surface area contributed by atoms with Crippen LogP contribution >= 0.6 is 12.2 Å². The number of ether oxygens (including phenoxy) is 2. The number of thiocarbonyl (C=S) groups is 1. The van der Waals surface area contributed by atoms with Crippen molar-refractivity contribution in [2.45, 2.75) is 25.9 Å². The molecule has 1 fully saturated rings. The summed E-state index contributed by atoms with van der Waals surface area (Å²) >= 11 is 5.89. The first-order valence-electron chi connectivity index (χ1n) is 12.1. The number of rotatable bonds is 7. The Hall–Kier alpha value is -4.37. The van der Waals surface area contributed by atoms with E-state index in [1.807, 2.05) is 71.8 Å². The van der Waals surface area contributed by atoms with Crippen LogP contribution in [0.2, 0.25) is 0 Å². The number of hydrogen-bond donors (Lipinski definition) is 2. The zero-order valence-electron chi connectivity index (χ0n) is 21.5. The lowest BCUT2D eigenvalue weighted by Crippen LogP contribution is -2.30. The van der Waals surface area contributed by atoms with Gasteiger partial charge in [0.2, 0.25) is 0 Å². The van der Waals surface area contributed by atoms with Crippen molar-refractivity contribution in [3.63, 3.8) is 0 Å². The molecule has 1 saturated heterocycles. The summed E-state index contributed by atoms with van der Waals surface area (Å²) in [4.78, 5) is 18.7. The molecule has 0 aliphatic carbocycles. The number of carboxylic acid groups (broad SMARTS) is 1. The second kappa shape index (κ2) is 10.2. The molecule has 194 valence electrons. The van der Waals surface area contributed by atoms with Gasteiger partial charge in [0.05, 0.1) is 48.9 Å². The molecule has 1 aliphatic heterocycles. The van der Waals surface area contributed by atoms with E-state index < -0.39 is 5.97 Å². The van der Waals surface area contributed by atoms with Crippen molar-refractivity contribution in [1.29, 1.82) is 0 Å². The SMILES string of the molecule is COc1ccc(N2C(=S)N[C@H](c3ccccn3)[C@@H]2c2cc(C)n(-c3ccccc3C(=O)O)c2C)c(OC)c1. The lowest BCUT2D eigenvalue weighted by atomic mass is 9.96. The zero-order chi connectivity index (χ0) is 27.0. The molecule has 2 aromatic heterocycles. The minimum Gasteiger partial charge on any atom is -0.497 e. The van der Waals surface area contributed by atoms with Crippen LogP contribution in [0.3, 0.4) is 0 Å². The molecule has 0 bridgehead atoms. The molecule has 38 heavy (non-hydrogen) atoms. The van der Waals surface area contributed by atoms with Crippen LogP contribution < -0.4 is 19.7 Å². The predicted octanol–water partition coefficient (Wildman–Crippen LogP) is 5.38. The molecule has 0 unspecified atom stereocenters. The highest BCUT2D eigenvalue weighted by atomic mass is 32.1. The molecule has 4 aromatic rings. The number of aromatic carboxylic acids is 1. The summed E-state index contributed by atoms with van der Waals surface area (Å²) in [6, 6.07) is 20.0. The van der Waals surface area contributed by atoms with E-state index in [2.05, 4.69) is 16.4 Å². The van der Waals surface area contributed by atoms with Crippen LogP contribution in [0.1, 0.15) is 45.1 Å². The molecule has 5 rings (SSSR count). The van der Waals surface area contributed by atoms with E-state index in [0.717, 1.165) is 28.3 Å². The number of nitrogens with one attached hydrogen (secondary N) is 1. The number of aromatic nitrogens is 2. The average molecular weight is 529 g/mol. The van der Waals surface area contributed by atoms with Crippen LogP contribution in [0, 0.1) is 13.8 Å². The second-order valence-corrected chi connectivity index (χ2v) is 9.41. The van der Waals surface area contributed by atoms with Crippen molar-refractivity contribution in [3.05, 3.63) is 101 Å². The Bertz CT molecular complexity index is 1520. The van der Waals surface area contributed by atoms with Crippen molar-refractivity contribution in [2.24, 2.45) is 0 Å². The first kappa shape index (κ1) is 25.3. The summed E-state index contributed by atoms with van der Waals surface area (Å²) in [5, 5.41) is 13.9. The fourth-order valence-corrected chi connectivity index (χ4v) is 5.56. The van der Waals surface area contributed by atoms with E-state index in [4.69, 9.17) is 21.7 Å². The molecule has 2 N–H and O–H groups in total. The van der Waals surface area contributed by atoms with Gasteiger partial charge >= 0.3 is 5.97 Å². The van der Waals surface area contributed by atoms with E-state index in [1.54, 1.807) is 32.5 Å². The van der Waals surface area contributed by atoms with Gasteiger partial charge in [0.1, 0.15) is 11.5 Å². The summed E-state index contributed by atoms with van der Waals surface area (Å²) < 4.78 is 13.1. The van der Waals surface area contributed by atoms with Gasteiger partial charge in [-0.2, -0.15) is 0 Å². The Morgan fingerprint density at radius 3 is 2.45 bits per heavy atom. The Labute approximate surface area is 226 Å². The third-order valence-electron chi connectivity index (χ3n) is 6.91. The number of carboxylic acids is 1. The lowest BCUT2D eigenvalue weighted by molar-refractivity contribution is 0.0697. The smallest absolute Gasteiger partial charge is 0.337 e. The van der Waals surface area contributed by atoms with Gasteiger partial charge in [-0.1, -0.05) is 18.2 Å². The zero-order valence-corrected chi connectivity index (χ0v) is 22.3. The first-order valence-corrected chi connectivity index (χ1v) is 12.5. The molecule has 2 atom stereocenters. The van der Waals surface area contributed by atoms with Crippen LogP contribution in [0.25, 0.3) is 5.69 Å². The van der Waals surface area contributed by atoms with Gasteiger partial charge in [-0.05, 0) is 74.1 Å². The fourth-order valence-electron chi connectivity index (χ4n) is 5.22. The van der Waals surface area contributed by atoms with E-state index >= 15 is 0 Å². The number of benzene rings is 2. The van der Waals surface area contributed by atoms with Gasteiger partial charge in [-0.15, -0.1) is 0 Å². The van der Waals surface area contributed by atoms with Gasteiger partial charge in [0.25, 0.3) is 0 Å². The quantitative estimate of drug-likeness (QED) is 0.309. The Morgan fingerprint density at radius 1 is 1.00 bits per heavy atom. The van der Waals surface area contributed by atoms with Crippen molar-refractivity contribution in [1.82, 2.24) is 14.9 Å². The molecular formula is C29H28N4O4S. The van der Waals surface area contributed by atoms with E-state index in [9.17, 15) is 9.90 Å². The Kier molecular flexibility index (Phi) is 6.77. The van der Waals surface area contributed by atoms with Gasteiger partial charge in [-0.3, -0.25) is 4.98 Å². The maximum Gasteiger partial charge on any atom is 0.337 e. The van der Waals surface area contributed by atoms with Crippen LogP contribution in [0.15, 0.2) is 72.9 Å². The molecule has 0 saturated carbocycles. The van der Waals surface area contributed by atoms with E-state index in [0.29, 0.717) is 22.3 Å². The number of nitrogens with zero attached hydrogens (tertiary/aromatic N) is 3. The summed E-state index contributed by atoms with van der Waals surface area (Å²) in [5.41, 5.74) is 5.27. The van der Waals surface area contributed by atoms with Gasteiger partial charge in [0.15, 0.2) is 5.11 Å². The van der Waals surface area contributed by atoms with E-state index in [-0.39, 0.29) is 17.6 Å². The van der Waals surface area contributed by atoms with Crippen molar-refractivity contribution in [2.75, 3.05) is 19.1 Å². The second-order valence-electron chi connectivity index (χ2n) is 9.02. The number of para-hydroxylation sites is 1. The highest BCUT2D eigenvalue weighted by molar-refractivity contribution is 7.80. The fraction of sp³-hybridized carbons (Fsp3) is 0.207. The molecule has 1 aliphatic rings. The normalized spacial score (nSPS) is 16.8. The van der Waals surface area contributed by atoms with E-state index in [1.165, 1.54) is 0 Å². The molecule has 8 nitrogen and oxygen atoms in total. The van der Waals surface area contributed by atoms with Crippen LogP contribution in [0.5, 0.6) is 11.5 Å². The summed E-state index contributed by atoms with van der Waals surface area (Å²) in [6.45, 7) is 3.98. The minimum atomic E-state index is -0.977. The monoisotopic (exact) mass is 528 g/mol. The first-order chi connectivity index (χ1) is 18.3. The molecule has 3 heterocycles. The molecule has 0 spiro atoms. The minimum absolute atomic E-state index is 0.232. The molecule has 2 aromatic carbocycles. The maximum absolute atomic E-state index is 12.0. The maximum atomic E-state index is 12.0. The number of aryl methyl sites for hydroxylation is 1. The Balaban J connectivity index is 1.72. The molecular weight excluding hydrogens is 500 g/mol. The number of carbonyl (C=O) groups is 1. The summed E-state index contributed by atoms with van der Waals surface area (Å²) in [6.07, 6.45) is 1.76. The standard InChI is InChI=1S/C29H28N4O4S/c1-17-15-21(18(2)32(17)23-11-6-5-9-20(23)28(34)35)27-26(22-10-7-8-14-30-22)31-29(38)33(27)24-13-12-19(36-3)16-25(24)37-4/h5-16,26-27H,1-4H3,(H,31,38)(H,34,35)/t26-,27+/m1/s1. The van der Waals surface area contributed by atoms with Crippen LogP contribution in [-0.4, -0.2) is 40.0 Å². The number of pyridine rings is 1. The third kappa shape index (κ3) is 4.24. The number of methoxy groups -OCH3 is 2. The average Bonchev–Trinajstić information content (AvgIpc) is 3.43. The predicted molar refractivity (Wildman–Crippen MR) is 150 cm³/mol. The highest BCUT2D eigenvalue weighted by Gasteiger charge is 2.43. The Morgan fingerprint density at radius 2 is 1.76 bits per heavy atom. The highest BCUT2D eigenvalue weighted by Crippen LogP contribution is 2.46. The number of anilines is 1. The molecule has 9 heteroatoms. The van der Waals surface area contributed by atoms with Gasteiger partial charge in [-0.25, -0.2) is 4.79 Å². The van der Waals surface area contributed by atoms with Gasteiger partial charge in [0, 0.05) is 23.7 Å². The third-order valence-corrected chi connectivity index (χ3v) is 7.22. The van der Waals surface area contributed by atoms with Crippen molar-refractivity contribution in [3.8, 4) is 17.2 Å². The van der Waals surface area contributed by atoms with Crippen molar-refractivity contribution >= 4 is 29.0 Å². The van der Waals surface area contributed by atoms with Crippen LogP contribution in [-0.2, 0) is 0 Å². The van der Waals surface area contributed by atoms with Crippen LogP contribution in [0.4, 0.5) is 5.69 Å². The lowest BCUT2D eigenvalue weighted by Gasteiger charge is -2.29. The summed E-state index contributed by atoms with van der Waals surface area (Å²) in [7, 11) is 3.23. The van der Waals surface area contributed by atoms with Crippen molar-refractivity contribution < 1.29 is 19.4 Å².